The lowest BCUT2D eigenvalue weighted by molar-refractivity contribution is 0.532. The smallest absolute Gasteiger partial charge is 0.207 e. The SMILES string of the molecule is CCCCCCCCCCCCn1c(CC)cnc1Nc1ccccc1. The second-order valence-electron chi connectivity index (χ2n) is 7.25. The average Bonchev–Trinajstić information content (AvgIpc) is 3.05. The number of anilines is 2. The van der Waals surface area contributed by atoms with E-state index in [1.807, 2.05) is 12.3 Å². The van der Waals surface area contributed by atoms with E-state index < -0.39 is 0 Å². The highest BCUT2D eigenvalue weighted by molar-refractivity contribution is 5.53. The first-order chi connectivity index (χ1) is 12.8. The molecule has 0 saturated carbocycles. The molecule has 1 aromatic heterocycles. The second-order valence-corrected chi connectivity index (χ2v) is 7.25. The Kier molecular flexibility index (Phi) is 9.92. The average molecular weight is 356 g/mol. The number of nitrogens with one attached hydrogen (secondary N) is 1. The van der Waals surface area contributed by atoms with Gasteiger partial charge in [-0.05, 0) is 25.0 Å². The van der Waals surface area contributed by atoms with Crippen molar-refractivity contribution in [2.45, 2.75) is 91.0 Å². The molecule has 2 rings (SSSR count). The van der Waals surface area contributed by atoms with Crippen LogP contribution in [0.25, 0.3) is 0 Å². The molecule has 0 aliphatic rings. The third-order valence-electron chi connectivity index (χ3n) is 5.07. The summed E-state index contributed by atoms with van der Waals surface area (Å²) in [6.45, 7) is 5.55. The number of hydrogen-bond acceptors (Lipinski definition) is 2. The van der Waals surface area contributed by atoms with Crippen LogP contribution >= 0.6 is 0 Å². The van der Waals surface area contributed by atoms with Crippen LogP contribution in [0.3, 0.4) is 0 Å². The summed E-state index contributed by atoms with van der Waals surface area (Å²) < 4.78 is 2.36. The minimum atomic E-state index is 0.976. The monoisotopic (exact) mass is 355 g/mol. The van der Waals surface area contributed by atoms with Gasteiger partial charge in [-0.1, -0.05) is 89.8 Å². The molecule has 0 atom stereocenters. The van der Waals surface area contributed by atoms with E-state index in [0.717, 1.165) is 24.6 Å². The molecule has 144 valence electrons. The highest BCUT2D eigenvalue weighted by atomic mass is 15.2. The van der Waals surface area contributed by atoms with Crippen LogP contribution in [0.2, 0.25) is 0 Å². The normalized spacial score (nSPS) is 11.0. The number of hydrogen-bond donors (Lipinski definition) is 1. The van der Waals surface area contributed by atoms with Gasteiger partial charge in [0, 0.05) is 17.9 Å². The van der Waals surface area contributed by atoms with Crippen molar-refractivity contribution in [1.29, 1.82) is 0 Å². The van der Waals surface area contributed by atoms with Crippen LogP contribution in [0.15, 0.2) is 36.5 Å². The Morgan fingerprint density at radius 2 is 1.42 bits per heavy atom. The molecule has 26 heavy (non-hydrogen) atoms. The van der Waals surface area contributed by atoms with Gasteiger partial charge < -0.3 is 9.88 Å². The summed E-state index contributed by atoms with van der Waals surface area (Å²) in [7, 11) is 0. The van der Waals surface area contributed by atoms with Crippen LogP contribution < -0.4 is 5.32 Å². The second kappa shape index (κ2) is 12.6. The Morgan fingerprint density at radius 1 is 0.808 bits per heavy atom. The Labute approximate surface area is 160 Å². The third-order valence-corrected chi connectivity index (χ3v) is 5.07. The van der Waals surface area contributed by atoms with Crippen LogP contribution in [0.5, 0.6) is 0 Å². The van der Waals surface area contributed by atoms with Crippen molar-refractivity contribution in [3.05, 3.63) is 42.2 Å². The van der Waals surface area contributed by atoms with E-state index in [1.165, 1.54) is 69.9 Å². The zero-order valence-corrected chi connectivity index (χ0v) is 16.8. The molecule has 1 heterocycles. The van der Waals surface area contributed by atoms with Gasteiger partial charge in [0.05, 0.1) is 6.20 Å². The minimum absolute atomic E-state index is 0.976. The van der Waals surface area contributed by atoms with Crippen molar-refractivity contribution >= 4 is 11.6 Å². The number of aryl methyl sites for hydroxylation is 1. The van der Waals surface area contributed by atoms with E-state index in [1.54, 1.807) is 0 Å². The molecule has 0 aliphatic carbocycles. The number of imidazole rings is 1. The lowest BCUT2D eigenvalue weighted by Crippen LogP contribution is -2.07. The molecule has 1 aromatic carbocycles. The molecular weight excluding hydrogens is 318 g/mol. The maximum atomic E-state index is 4.60. The predicted octanol–water partition coefficient (Wildman–Crippen LogP) is 7.11. The van der Waals surface area contributed by atoms with Crippen LogP contribution in [0.1, 0.15) is 83.7 Å². The van der Waals surface area contributed by atoms with Crippen molar-refractivity contribution in [2.75, 3.05) is 5.32 Å². The zero-order chi connectivity index (χ0) is 18.5. The summed E-state index contributed by atoms with van der Waals surface area (Å²) >= 11 is 0. The van der Waals surface area contributed by atoms with Gasteiger partial charge in [0.2, 0.25) is 5.95 Å². The Bertz CT molecular complexity index is 589. The van der Waals surface area contributed by atoms with E-state index in [-0.39, 0.29) is 0 Å². The molecule has 0 bridgehead atoms. The first kappa shape index (κ1) is 20.5. The number of nitrogens with zero attached hydrogens (tertiary/aromatic N) is 2. The summed E-state index contributed by atoms with van der Waals surface area (Å²) in [4.78, 5) is 4.60. The van der Waals surface area contributed by atoms with Crippen LogP contribution in [-0.2, 0) is 13.0 Å². The Hall–Kier alpha value is -1.77. The number of aromatic nitrogens is 2. The van der Waals surface area contributed by atoms with E-state index in [0.29, 0.717) is 0 Å². The fourth-order valence-electron chi connectivity index (χ4n) is 3.45. The molecule has 3 heteroatoms. The molecule has 0 spiro atoms. The van der Waals surface area contributed by atoms with Gasteiger partial charge >= 0.3 is 0 Å². The lowest BCUT2D eigenvalue weighted by Gasteiger charge is -2.12. The van der Waals surface area contributed by atoms with Gasteiger partial charge in [0.15, 0.2) is 0 Å². The number of rotatable bonds is 14. The minimum Gasteiger partial charge on any atom is -0.326 e. The molecule has 2 aromatic rings. The first-order valence-electron chi connectivity index (χ1n) is 10.7. The maximum absolute atomic E-state index is 4.60. The Balaban J connectivity index is 1.69. The van der Waals surface area contributed by atoms with E-state index in [9.17, 15) is 0 Å². The highest BCUT2D eigenvalue weighted by Crippen LogP contribution is 2.19. The number of para-hydroxylation sites is 1. The maximum Gasteiger partial charge on any atom is 0.207 e. The van der Waals surface area contributed by atoms with Gasteiger partial charge in [-0.2, -0.15) is 0 Å². The van der Waals surface area contributed by atoms with E-state index >= 15 is 0 Å². The van der Waals surface area contributed by atoms with Crippen LogP contribution in [-0.4, -0.2) is 9.55 Å². The quantitative estimate of drug-likeness (QED) is 0.366. The summed E-state index contributed by atoms with van der Waals surface area (Å²) in [5.41, 5.74) is 2.42. The van der Waals surface area contributed by atoms with Crippen molar-refractivity contribution in [1.82, 2.24) is 9.55 Å². The van der Waals surface area contributed by atoms with Gasteiger partial charge in [-0.15, -0.1) is 0 Å². The summed E-state index contributed by atoms with van der Waals surface area (Å²) in [5, 5.41) is 3.46. The molecular formula is C23H37N3. The Morgan fingerprint density at radius 3 is 2.04 bits per heavy atom. The van der Waals surface area contributed by atoms with Crippen molar-refractivity contribution < 1.29 is 0 Å². The van der Waals surface area contributed by atoms with Gasteiger partial charge in [0.1, 0.15) is 0 Å². The largest absolute Gasteiger partial charge is 0.326 e. The number of unbranched alkanes of at least 4 members (excludes halogenated alkanes) is 9. The molecule has 0 radical (unpaired) electrons. The lowest BCUT2D eigenvalue weighted by atomic mass is 10.1. The van der Waals surface area contributed by atoms with Crippen LogP contribution in [0.4, 0.5) is 11.6 Å². The summed E-state index contributed by atoms with van der Waals surface area (Å²) in [6.07, 6.45) is 16.8. The standard InChI is InChI=1S/C23H37N3/c1-3-5-6-7-8-9-10-11-12-16-19-26-22(4-2)20-24-23(26)25-21-17-14-13-15-18-21/h13-15,17-18,20H,3-12,16,19H2,1-2H3,(H,24,25). The fourth-order valence-corrected chi connectivity index (χ4v) is 3.45. The first-order valence-corrected chi connectivity index (χ1v) is 10.7. The molecule has 1 N–H and O–H groups in total. The van der Waals surface area contributed by atoms with E-state index in [4.69, 9.17) is 0 Å². The van der Waals surface area contributed by atoms with Crippen molar-refractivity contribution in [2.24, 2.45) is 0 Å². The van der Waals surface area contributed by atoms with E-state index in [2.05, 4.69) is 53.0 Å². The van der Waals surface area contributed by atoms with Gasteiger partial charge in [0.25, 0.3) is 0 Å². The molecule has 0 aliphatic heterocycles. The third kappa shape index (κ3) is 7.23. The highest BCUT2D eigenvalue weighted by Gasteiger charge is 2.08. The molecule has 3 nitrogen and oxygen atoms in total. The zero-order valence-electron chi connectivity index (χ0n) is 16.8. The van der Waals surface area contributed by atoms with Gasteiger partial charge in [-0.25, -0.2) is 4.98 Å². The number of benzene rings is 1. The van der Waals surface area contributed by atoms with Crippen molar-refractivity contribution in [3.8, 4) is 0 Å². The molecule has 0 amide bonds. The van der Waals surface area contributed by atoms with Crippen LogP contribution in [0, 0.1) is 0 Å². The van der Waals surface area contributed by atoms with Gasteiger partial charge in [-0.3, -0.25) is 0 Å². The molecule has 0 saturated heterocycles. The predicted molar refractivity (Wildman–Crippen MR) is 113 cm³/mol. The fraction of sp³-hybridized carbons (Fsp3) is 0.609. The topological polar surface area (TPSA) is 29.9 Å². The van der Waals surface area contributed by atoms with Crippen molar-refractivity contribution in [3.63, 3.8) is 0 Å². The molecule has 0 fully saturated rings. The summed E-state index contributed by atoms with van der Waals surface area (Å²) in [6, 6.07) is 10.3. The summed E-state index contributed by atoms with van der Waals surface area (Å²) in [5.74, 6) is 0.976. The molecule has 0 unspecified atom stereocenters.